The first kappa shape index (κ1) is 10.8. The molecule has 0 amide bonds. The highest BCUT2D eigenvalue weighted by Gasteiger charge is 2.17. The van der Waals surface area contributed by atoms with Crippen LogP contribution in [0.25, 0.3) is 0 Å². The van der Waals surface area contributed by atoms with E-state index in [9.17, 15) is 0 Å². The molecule has 0 radical (unpaired) electrons. The van der Waals surface area contributed by atoms with Gasteiger partial charge in [-0.05, 0) is 0 Å². The topological polar surface area (TPSA) is 0 Å². The van der Waals surface area contributed by atoms with E-state index in [1.165, 1.54) is 11.5 Å². The lowest BCUT2D eigenvalue weighted by Crippen LogP contribution is -2.05. The minimum absolute atomic E-state index is 0.463. The van der Waals surface area contributed by atoms with Crippen LogP contribution in [0.1, 0.15) is 0 Å². The minimum atomic E-state index is 0.463. The molecular formula is C6H12S5. The molecular weight excluding hydrogens is 232 g/mol. The summed E-state index contributed by atoms with van der Waals surface area (Å²) < 4.78 is 0.768. The third-order valence-corrected chi connectivity index (χ3v) is 7.57. The van der Waals surface area contributed by atoms with Crippen LogP contribution in [0.2, 0.25) is 0 Å². The quantitative estimate of drug-likeness (QED) is 0.731. The number of thioether (sulfide) groups is 3. The molecule has 0 bridgehead atoms. The van der Waals surface area contributed by atoms with E-state index in [0.717, 1.165) is 15.4 Å². The molecule has 1 rings (SSSR count). The Bertz CT molecular complexity index is 101. The van der Waals surface area contributed by atoms with Crippen LogP contribution >= 0.6 is 60.5 Å². The number of hydrogen-bond donors (Lipinski definition) is 2. The standard InChI is InChI=1S/C6H12S5/c7-3-5(8)4-11-6-9-1-2-10-6/h5-8H,1-4H2. The molecule has 1 fully saturated rings. The van der Waals surface area contributed by atoms with E-state index in [4.69, 9.17) is 0 Å². The molecule has 0 aliphatic carbocycles. The highest BCUT2D eigenvalue weighted by atomic mass is 32.3. The summed E-state index contributed by atoms with van der Waals surface area (Å²) in [5, 5.41) is 0.463. The zero-order valence-electron chi connectivity index (χ0n) is 6.10. The largest absolute Gasteiger partial charge is 0.178 e. The first-order valence-electron chi connectivity index (χ1n) is 3.46. The van der Waals surface area contributed by atoms with Crippen LogP contribution in [0.3, 0.4) is 0 Å². The molecule has 1 saturated heterocycles. The fourth-order valence-electron chi connectivity index (χ4n) is 0.675. The normalized spacial score (nSPS) is 22.4. The van der Waals surface area contributed by atoms with E-state index in [0.29, 0.717) is 5.25 Å². The monoisotopic (exact) mass is 244 g/mol. The molecule has 0 saturated carbocycles. The van der Waals surface area contributed by atoms with Crippen molar-refractivity contribution in [3.05, 3.63) is 0 Å². The lowest BCUT2D eigenvalue weighted by Gasteiger charge is -2.10. The Labute approximate surface area is 92.2 Å². The molecule has 11 heavy (non-hydrogen) atoms. The van der Waals surface area contributed by atoms with E-state index in [2.05, 4.69) is 48.8 Å². The van der Waals surface area contributed by atoms with E-state index in [1.54, 1.807) is 0 Å². The Hall–Kier alpha value is 1.75. The van der Waals surface area contributed by atoms with Crippen molar-refractivity contribution in [2.75, 3.05) is 23.0 Å². The lowest BCUT2D eigenvalue weighted by atomic mass is 10.6. The van der Waals surface area contributed by atoms with Gasteiger partial charge in [0.1, 0.15) is 0 Å². The van der Waals surface area contributed by atoms with Crippen molar-refractivity contribution < 1.29 is 0 Å². The Morgan fingerprint density at radius 2 is 2.09 bits per heavy atom. The maximum absolute atomic E-state index is 4.39. The predicted octanol–water partition coefficient (Wildman–Crippen LogP) is 2.71. The average molecular weight is 244 g/mol. The number of thiol groups is 2. The zero-order valence-corrected chi connectivity index (χ0v) is 10.3. The summed E-state index contributed by atoms with van der Waals surface area (Å²) in [6, 6.07) is 0. The van der Waals surface area contributed by atoms with Gasteiger partial charge >= 0.3 is 0 Å². The summed E-state index contributed by atoms with van der Waals surface area (Å²) in [6.07, 6.45) is 0. The molecule has 0 aromatic rings. The van der Waals surface area contributed by atoms with Crippen molar-refractivity contribution in [3.8, 4) is 0 Å². The van der Waals surface area contributed by atoms with E-state index in [1.807, 2.05) is 11.8 Å². The molecule has 5 heteroatoms. The van der Waals surface area contributed by atoms with Crippen molar-refractivity contribution in [2.24, 2.45) is 0 Å². The van der Waals surface area contributed by atoms with Gasteiger partial charge in [0.25, 0.3) is 0 Å². The smallest absolute Gasteiger partial charge is 0.0956 e. The van der Waals surface area contributed by atoms with Crippen molar-refractivity contribution in [2.45, 2.75) is 9.16 Å². The first-order valence-corrected chi connectivity index (χ1v) is 7.76. The van der Waals surface area contributed by atoms with Gasteiger partial charge in [-0.25, -0.2) is 0 Å². The highest BCUT2D eigenvalue weighted by molar-refractivity contribution is 8.34. The number of rotatable bonds is 4. The number of hydrogen-bond acceptors (Lipinski definition) is 5. The van der Waals surface area contributed by atoms with Crippen molar-refractivity contribution in [3.63, 3.8) is 0 Å². The summed E-state index contributed by atoms with van der Waals surface area (Å²) in [5.74, 6) is 4.66. The van der Waals surface area contributed by atoms with Crippen LogP contribution in [0.15, 0.2) is 0 Å². The van der Waals surface area contributed by atoms with E-state index < -0.39 is 0 Å². The second-order valence-corrected chi connectivity index (χ2v) is 7.75. The third kappa shape index (κ3) is 4.50. The fourth-order valence-corrected chi connectivity index (χ4v) is 5.67. The highest BCUT2D eigenvalue weighted by Crippen LogP contribution is 2.40. The zero-order chi connectivity index (χ0) is 8.10. The first-order chi connectivity index (χ1) is 5.33. The molecule has 1 atom stereocenters. The summed E-state index contributed by atoms with van der Waals surface area (Å²) in [6.45, 7) is 0. The van der Waals surface area contributed by atoms with Gasteiger partial charge in [0.15, 0.2) is 0 Å². The maximum atomic E-state index is 4.39. The fraction of sp³-hybridized carbons (Fsp3) is 1.00. The van der Waals surface area contributed by atoms with Crippen LogP contribution < -0.4 is 0 Å². The molecule has 0 spiro atoms. The van der Waals surface area contributed by atoms with Gasteiger partial charge in [-0.1, -0.05) is 0 Å². The van der Waals surface area contributed by atoms with Gasteiger partial charge in [0.2, 0.25) is 0 Å². The molecule has 1 aliphatic heterocycles. The van der Waals surface area contributed by atoms with Crippen molar-refractivity contribution in [1.82, 2.24) is 0 Å². The van der Waals surface area contributed by atoms with Crippen LogP contribution in [0.4, 0.5) is 0 Å². The third-order valence-electron chi connectivity index (χ3n) is 1.23. The van der Waals surface area contributed by atoms with Crippen LogP contribution in [-0.2, 0) is 0 Å². The Morgan fingerprint density at radius 3 is 2.64 bits per heavy atom. The summed E-state index contributed by atoms with van der Waals surface area (Å²) >= 11 is 14.7. The van der Waals surface area contributed by atoms with Gasteiger partial charge in [-0.2, -0.15) is 25.3 Å². The molecule has 0 nitrogen and oxygen atoms in total. The Kier molecular flexibility index (Phi) is 6.14. The van der Waals surface area contributed by atoms with Crippen molar-refractivity contribution in [1.29, 1.82) is 0 Å². The van der Waals surface area contributed by atoms with Gasteiger partial charge in [-0.15, -0.1) is 35.3 Å². The Balaban J connectivity index is 2.01. The van der Waals surface area contributed by atoms with Crippen molar-refractivity contribution >= 4 is 60.5 Å². The predicted molar refractivity (Wildman–Crippen MR) is 67.8 cm³/mol. The van der Waals surface area contributed by atoms with Gasteiger partial charge in [0.05, 0.1) is 3.91 Å². The molecule has 1 aliphatic rings. The molecule has 1 unspecified atom stereocenters. The lowest BCUT2D eigenvalue weighted by molar-refractivity contribution is 1.17. The minimum Gasteiger partial charge on any atom is -0.178 e. The Morgan fingerprint density at radius 1 is 1.45 bits per heavy atom. The van der Waals surface area contributed by atoms with Gasteiger partial charge in [-0.3, -0.25) is 0 Å². The van der Waals surface area contributed by atoms with Gasteiger partial charge < -0.3 is 0 Å². The summed E-state index contributed by atoms with van der Waals surface area (Å²) in [7, 11) is 0. The van der Waals surface area contributed by atoms with Gasteiger partial charge in [0, 0.05) is 28.3 Å². The van der Waals surface area contributed by atoms with Crippen LogP contribution in [0.5, 0.6) is 0 Å². The SMILES string of the molecule is SCC(S)CSC1SCCS1. The van der Waals surface area contributed by atoms with E-state index in [-0.39, 0.29) is 0 Å². The van der Waals surface area contributed by atoms with E-state index >= 15 is 0 Å². The van der Waals surface area contributed by atoms with Crippen LogP contribution in [0, 0.1) is 0 Å². The summed E-state index contributed by atoms with van der Waals surface area (Å²) in [4.78, 5) is 0. The van der Waals surface area contributed by atoms with Crippen LogP contribution in [-0.4, -0.2) is 32.2 Å². The molecule has 1 heterocycles. The second kappa shape index (κ2) is 6.24. The molecule has 0 N–H and O–H groups in total. The second-order valence-electron chi connectivity index (χ2n) is 2.20. The molecule has 0 aromatic carbocycles. The molecule has 0 aromatic heterocycles. The molecule has 66 valence electrons. The summed E-state index contributed by atoms with van der Waals surface area (Å²) in [5.41, 5.74) is 0. The maximum Gasteiger partial charge on any atom is 0.0956 e. The average Bonchev–Trinajstić information content (AvgIpc) is 2.52.